The third kappa shape index (κ3) is 2.17. The summed E-state index contributed by atoms with van der Waals surface area (Å²) < 4.78 is 4.76. The van der Waals surface area contributed by atoms with Crippen molar-refractivity contribution < 1.29 is 19.5 Å². The van der Waals surface area contributed by atoms with Gasteiger partial charge in [-0.25, -0.2) is 4.79 Å². The standard InChI is InChI=1S/C10H8N2O4/c13-7-3-1-6(2-4-7)5-8-11-9(10(14)15)12-16-8/h1-4,13H,5H2,(H,14,15). The molecule has 0 unspecified atom stereocenters. The molecule has 0 spiro atoms. The van der Waals surface area contributed by atoms with Gasteiger partial charge in [-0.1, -0.05) is 12.1 Å². The van der Waals surface area contributed by atoms with Crippen molar-refractivity contribution in [2.45, 2.75) is 6.42 Å². The number of hydrogen-bond acceptors (Lipinski definition) is 5. The summed E-state index contributed by atoms with van der Waals surface area (Å²) in [5.41, 5.74) is 0.846. The number of carboxylic acid groups (broad SMARTS) is 1. The van der Waals surface area contributed by atoms with E-state index in [4.69, 9.17) is 14.7 Å². The van der Waals surface area contributed by atoms with Crippen LogP contribution in [0.2, 0.25) is 0 Å². The van der Waals surface area contributed by atoms with Gasteiger partial charge < -0.3 is 14.7 Å². The molecule has 0 saturated heterocycles. The molecule has 6 nitrogen and oxygen atoms in total. The number of phenolic OH excluding ortho intramolecular Hbond substituents is 1. The quantitative estimate of drug-likeness (QED) is 0.802. The number of carbonyl (C=O) groups is 1. The Balaban J connectivity index is 2.14. The maximum Gasteiger partial charge on any atom is 0.377 e. The Labute approximate surface area is 90.2 Å². The summed E-state index contributed by atoms with van der Waals surface area (Å²) >= 11 is 0. The molecule has 1 aromatic heterocycles. The molecule has 0 saturated carbocycles. The molecule has 16 heavy (non-hydrogen) atoms. The van der Waals surface area contributed by atoms with E-state index in [0.29, 0.717) is 6.42 Å². The predicted octanol–water partition coefficient (Wildman–Crippen LogP) is 1.06. The van der Waals surface area contributed by atoms with Crippen LogP contribution in [0.3, 0.4) is 0 Å². The van der Waals surface area contributed by atoms with Gasteiger partial charge in [0.05, 0.1) is 6.42 Å². The molecule has 0 amide bonds. The van der Waals surface area contributed by atoms with Gasteiger partial charge in [-0.05, 0) is 22.9 Å². The molecule has 0 bridgehead atoms. The number of hydrogen-bond donors (Lipinski definition) is 2. The number of aromatic nitrogens is 2. The number of phenols is 1. The van der Waals surface area contributed by atoms with Crippen LogP contribution in [0, 0.1) is 0 Å². The Bertz CT molecular complexity index is 504. The van der Waals surface area contributed by atoms with Crippen LogP contribution in [0.4, 0.5) is 0 Å². The van der Waals surface area contributed by atoms with Crippen LogP contribution in [0.15, 0.2) is 28.8 Å². The molecule has 2 rings (SSSR count). The Morgan fingerprint density at radius 1 is 1.31 bits per heavy atom. The fraction of sp³-hybridized carbons (Fsp3) is 0.100. The SMILES string of the molecule is O=C(O)c1noc(Cc2ccc(O)cc2)n1. The molecule has 2 aromatic rings. The highest BCUT2D eigenvalue weighted by atomic mass is 16.5. The van der Waals surface area contributed by atoms with Gasteiger partial charge in [0, 0.05) is 0 Å². The van der Waals surface area contributed by atoms with E-state index in [9.17, 15) is 4.79 Å². The van der Waals surface area contributed by atoms with E-state index < -0.39 is 5.97 Å². The highest BCUT2D eigenvalue weighted by Crippen LogP contribution is 2.12. The molecule has 0 fully saturated rings. The zero-order chi connectivity index (χ0) is 11.5. The summed E-state index contributed by atoms with van der Waals surface area (Å²) in [4.78, 5) is 14.2. The molecule has 2 N–H and O–H groups in total. The van der Waals surface area contributed by atoms with Crippen LogP contribution >= 0.6 is 0 Å². The van der Waals surface area contributed by atoms with Crippen molar-refractivity contribution in [1.82, 2.24) is 10.1 Å². The molecule has 0 atom stereocenters. The van der Waals surface area contributed by atoms with Gasteiger partial charge in [-0.15, -0.1) is 0 Å². The summed E-state index contributed by atoms with van der Waals surface area (Å²) in [5, 5.41) is 20.9. The summed E-state index contributed by atoms with van der Waals surface area (Å²) in [6, 6.07) is 6.45. The van der Waals surface area contributed by atoms with Crippen molar-refractivity contribution >= 4 is 5.97 Å². The molecular formula is C10H8N2O4. The second kappa shape index (κ2) is 4.01. The van der Waals surface area contributed by atoms with E-state index in [1.54, 1.807) is 12.1 Å². The van der Waals surface area contributed by atoms with Gasteiger partial charge >= 0.3 is 5.97 Å². The summed E-state index contributed by atoms with van der Waals surface area (Å²) in [7, 11) is 0. The maximum absolute atomic E-state index is 10.5. The molecule has 0 radical (unpaired) electrons. The molecular weight excluding hydrogens is 212 g/mol. The van der Waals surface area contributed by atoms with Crippen LogP contribution in [-0.2, 0) is 6.42 Å². The molecule has 0 aliphatic carbocycles. The van der Waals surface area contributed by atoms with Crippen LogP contribution in [0.5, 0.6) is 5.75 Å². The van der Waals surface area contributed by atoms with Gasteiger partial charge in [0.2, 0.25) is 5.89 Å². The largest absolute Gasteiger partial charge is 0.508 e. The van der Waals surface area contributed by atoms with E-state index in [0.717, 1.165) is 5.56 Å². The third-order valence-corrected chi connectivity index (χ3v) is 1.95. The van der Waals surface area contributed by atoms with E-state index in [1.165, 1.54) is 12.1 Å². The fourth-order valence-corrected chi connectivity index (χ4v) is 1.20. The van der Waals surface area contributed by atoms with E-state index in [-0.39, 0.29) is 17.5 Å². The van der Waals surface area contributed by atoms with Crippen LogP contribution in [0.1, 0.15) is 22.1 Å². The number of aromatic hydroxyl groups is 1. The third-order valence-electron chi connectivity index (χ3n) is 1.95. The lowest BCUT2D eigenvalue weighted by molar-refractivity contribution is 0.0680. The predicted molar refractivity (Wildman–Crippen MR) is 52.2 cm³/mol. The number of aromatic carboxylic acids is 1. The molecule has 0 aliphatic heterocycles. The van der Waals surface area contributed by atoms with Gasteiger partial charge in [0.15, 0.2) is 0 Å². The fourth-order valence-electron chi connectivity index (χ4n) is 1.20. The minimum absolute atomic E-state index is 0.167. The Morgan fingerprint density at radius 3 is 2.56 bits per heavy atom. The lowest BCUT2D eigenvalue weighted by atomic mass is 10.1. The van der Waals surface area contributed by atoms with E-state index in [2.05, 4.69) is 10.1 Å². The smallest absolute Gasteiger partial charge is 0.377 e. The van der Waals surface area contributed by atoms with Crippen molar-refractivity contribution in [2.24, 2.45) is 0 Å². The van der Waals surface area contributed by atoms with Crippen molar-refractivity contribution in [3.8, 4) is 5.75 Å². The summed E-state index contributed by atoms with van der Waals surface area (Å²) in [5.74, 6) is -1.18. The van der Waals surface area contributed by atoms with E-state index in [1.807, 2.05) is 0 Å². The topological polar surface area (TPSA) is 96.5 Å². The molecule has 1 aromatic carbocycles. The minimum atomic E-state index is -1.22. The van der Waals surface area contributed by atoms with Gasteiger partial charge in [0.1, 0.15) is 5.75 Å². The van der Waals surface area contributed by atoms with Crippen LogP contribution in [0.25, 0.3) is 0 Å². The highest BCUT2D eigenvalue weighted by molar-refractivity contribution is 5.82. The first-order chi connectivity index (χ1) is 7.65. The lowest BCUT2D eigenvalue weighted by Gasteiger charge is -1.96. The Kier molecular flexibility index (Phi) is 2.55. The monoisotopic (exact) mass is 220 g/mol. The first-order valence-corrected chi connectivity index (χ1v) is 4.49. The molecule has 6 heteroatoms. The van der Waals surface area contributed by atoms with Crippen LogP contribution in [-0.4, -0.2) is 26.3 Å². The Hall–Kier alpha value is -2.37. The van der Waals surface area contributed by atoms with Crippen LogP contribution < -0.4 is 0 Å². The number of rotatable bonds is 3. The van der Waals surface area contributed by atoms with Crippen molar-refractivity contribution in [1.29, 1.82) is 0 Å². The second-order valence-corrected chi connectivity index (χ2v) is 3.16. The van der Waals surface area contributed by atoms with Crippen molar-refractivity contribution in [3.63, 3.8) is 0 Å². The zero-order valence-corrected chi connectivity index (χ0v) is 8.12. The first kappa shape index (κ1) is 10.2. The average molecular weight is 220 g/mol. The molecule has 0 aliphatic rings. The van der Waals surface area contributed by atoms with Crippen molar-refractivity contribution in [3.05, 3.63) is 41.5 Å². The minimum Gasteiger partial charge on any atom is -0.508 e. The normalized spacial score (nSPS) is 10.2. The first-order valence-electron chi connectivity index (χ1n) is 4.49. The van der Waals surface area contributed by atoms with Gasteiger partial charge in [0.25, 0.3) is 5.82 Å². The average Bonchev–Trinajstić information content (AvgIpc) is 2.70. The van der Waals surface area contributed by atoms with Gasteiger partial charge in [-0.3, -0.25) is 0 Å². The Morgan fingerprint density at radius 2 is 2.00 bits per heavy atom. The van der Waals surface area contributed by atoms with Crippen molar-refractivity contribution in [2.75, 3.05) is 0 Å². The number of nitrogens with zero attached hydrogens (tertiary/aromatic N) is 2. The van der Waals surface area contributed by atoms with E-state index >= 15 is 0 Å². The molecule has 1 heterocycles. The second-order valence-electron chi connectivity index (χ2n) is 3.16. The summed E-state index contributed by atoms with van der Waals surface area (Å²) in [6.45, 7) is 0. The highest BCUT2D eigenvalue weighted by Gasteiger charge is 2.12. The van der Waals surface area contributed by atoms with Gasteiger partial charge in [-0.2, -0.15) is 4.98 Å². The molecule has 82 valence electrons. The number of carboxylic acids is 1. The lowest BCUT2D eigenvalue weighted by Crippen LogP contribution is -1.99. The maximum atomic E-state index is 10.5. The summed E-state index contributed by atoms with van der Waals surface area (Å²) in [6.07, 6.45) is 0.334. The number of benzene rings is 1. The zero-order valence-electron chi connectivity index (χ0n) is 8.12.